The molecule has 1 unspecified atom stereocenters. The zero-order valence-electron chi connectivity index (χ0n) is 37.2. The van der Waals surface area contributed by atoms with Gasteiger partial charge in [-0.25, -0.2) is 15.0 Å². The highest BCUT2D eigenvalue weighted by molar-refractivity contribution is 6.08. The summed E-state index contributed by atoms with van der Waals surface area (Å²) in [5.41, 5.74) is 8.98. The summed E-state index contributed by atoms with van der Waals surface area (Å²) < 4.78 is 84.1. The normalized spacial score (nSPS) is 17.6. The predicted octanol–water partition coefficient (Wildman–Crippen LogP) is 11.9. The summed E-state index contributed by atoms with van der Waals surface area (Å²) in [6.07, 6.45) is 4.21. The first-order valence-corrected chi connectivity index (χ1v) is 17.3. The molecule has 2 aliphatic rings. The fraction of sp³-hybridized carbons (Fsp3) is 0.0408. The Morgan fingerprint density at radius 2 is 1.21 bits per heavy atom. The Bertz CT molecular complexity index is 3360. The number of benzene rings is 7. The first-order valence-electron chi connectivity index (χ1n) is 21.8. The number of aromatic nitrogens is 3. The van der Waals surface area contributed by atoms with Gasteiger partial charge in [-0.05, 0) is 81.7 Å². The SMILES string of the molecule is [2H]c1c([2H])c([2H])c(-c2nc(-c3ccc4c(c3)C3(c5ccccc5C=C4)c4ccccc4-c4cc5oc6ccccc6c5cc43)nc(-c3c([2H])c([2H])c([2H])c(C)c3[2H])n2)c([2H])c1[2H]. The van der Waals surface area contributed by atoms with E-state index in [1.54, 1.807) is 0 Å². The van der Waals surface area contributed by atoms with Gasteiger partial charge in [-0.3, -0.25) is 0 Å². The van der Waals surface area contributed by atoms with Crippen molar-refractivity contribution < 1.29 is 16.8 Å². The maximum atomic E-state index is 9.01. The summed E-state index contributed by atoms with van der Waals surface area (Å²) >= 11 is 0. The van der Waals surface area contributed by atoms with Crippen LogP contribution in [-0.4, -0.2) is 15.0 Å². The molecule has 0 bridgehead atoms. The van der Waals surface area contributed by atoms with Crippen LogP contribution in [0.3, 0.4) is 0 Å². The Labute approximate surface area is 319 Å². The molecule has 0 saturated carbocycles. The fourth-order valence-corrected chi connectivity index (χ4v) is 8.19. The van der Waals surface area contributed by atoms with E-state index in [9.17, 15) is 0 Å². The molecule has 0 saturated heterocycles. The number of hydrogen-bond acceptors (Lipinski definition) is 4. The van der Waals surface area contributed by atoms with E-state index in [1.165, 1.54) is 6.92 Å². The lowest BCUT2D eigenvalue weighted by Crippen LogP contribution is -2.30. The highest BCUT2D eigenvalue weighted by atomic mass is 16.3. The third-order valence-corrected chi connectivity index (χ3v) is 10.4. The Morgan fingerprint density at radius 3 is 2.08 bits per heavy atom. The van der Waals surface area contributed by atoms with E-state index in [0.29, 0.717) is 5.56 Å². The average Bonchev–Trinajstić information content (AvgIpc) is 3.75. The Balaban J connectivity index is 1.24. The molecule has 2 aliphatic carbocycles. The van der Waals surface area contributed by atoms with Gasteiger partial charge in [0, 0.05) is 27.5 Å². The minimum absolute atomic E-state index is 0.0528. The van der Waals surface area contributed by atoms with Crippen LogP contribution < -0.4 is 0 Å². The van der Waals surface area contributed by atoms with Gasteiger partial charge in [-0.2, -0.15) is 0 Å². The van der Waals surface area contributed by atoms with Crippen LogP contribution in [-0.2, 0) is 5.41 Å². The maximum Gasteiger partial charge on any atom is 0.164 e. The Kier molecular flexibility index (Phi) is 4.71. The lowest BCUT2D eigenvalue weighted by atomic mass is 9.65. The van der Waals surface area contributed by atoms with E-state index in [0.717, 1.165) is 66.4 Å². The molecule has 11 rings (SSSR count). The van der Waals surface area contributed by atoms with E-state index in [2.05, 4.69) is 59.6 Å². The molecule has 7 aromatic carbocycles. The smallest absolute Gasteiger partial charge is 0.164 e. The minimum Gasteiger partial charge on any atom is -0.456 e. The fourth-order valence-electron chi connectivity index (χ4n) is 8.19. The molecule has 9 aromatic rings. The van der Waals surface area contributed by atoms with E-state index in [1.807, 2.05) is 60.7 Å². The molecule has 1 spiro atoms. The molecule has 248 valence electrons. The van der Waals surface area contributed by atoms with Crippen molar-refractivity contribution in [2.24, 2.45) is 0 Å². The van der Waals surface area contributed by atoms with Gasteiger partial charge in [0.2, 0.25) is 0 Å². The largest absolute Gasteiger partial charge is 0.456 e. The van der Waals surface area contributed by atoms with Crippen molar-refractivity contribution in [2.45, 2.75) is 12.3 Å². The van der Waals surface area contributed by atoms with Crippen LogP contribution in [0.15, 0.2) is 162 Å². The summed E-state index contributed by atoms with van der Waals surface area (Å²) in [5.74, 6) is -0.415. The number of rotatable bonds is 3. The Morgan fingerprint density at radius 1 is 0.509 bits per heavy atom. The van der Waals surface area contributed by atoms with Gasteiger partial charge in [-0.1, -0.05) is 145 Å². The highest BCUT2D eigenvalue weighted by Crippen LogP contribution is 2.59. The van der Waals surface area contributed by atoms with Gasteiger partial charge in [0.05, 0.1) is 17.8 Å². The van der Waals surface area contributed by atoms with Crippen LogP contribution >= 0.6 is 0 Å². The van der Waals surface area contributed by atoms with E-state index in [4.69, 9.17) is 26.7 Å². The number of furan rings is 1. The molecule has 2 heterocycles. The molecular formula is C49H31N3O. The minimum atomic E-state index is -0.889. The van der Waals surface area contributed by atoms with Crippen molar-refractivity contribution in [1.29, 1.82) is 0 Å². The average molecular weight is 687 g/mol. The molecule has 0 amide bonds. The van der Waals surface area contributed by atoms with Crippen LogP contribution in [0.2, 0.25) is 0 Å². The molecule has 0 N–H and O–H groups in total. The van der Waals surface area contributed by atoms with Crippen molar-refractivity contribution in [3.8, 4) is 45.3 Å². The summed E-state index contributed by atoms with van der Waals surface area (Å²) in [4.78, 5) is 14.3. The quantitative estimate of drug-likeness (QED) is 0.186. The molecule has 0 aliphatic heterocycles. The van der Waals surface area contributed by atoms with Gasteiger partial charge in [0.1, 0.15) is 11.2 Å². The summed E-state index contributed by atoms with van der Waals surface area (Å²) in [6, 6.07) is 30.8. The van der Waals surface area contributed by atoms with Crippen molar-refractivity contribution in [3.05, 3.63) is 196 Å². The summed E-state index contributed by atoms with van der Waals surface area (Å²) in [7, 11) is 0. The monoisotopic (exact) mass is 686 g/mol. The van der Waals surface area contributed by atoms with Crippen molar-refractivity contribution >= 4 is 34.1 Å². The van der Waals surface area contributed by atoms with E-state index >= 15 is 0 Å². The third-order valence-electron chi connectivity index (χ3n) is 10.4. The second-order valence-corrected chi connectivity index (χ2v) is 13.3. The first-order chi connectivity index (χ1) is 29.9. The van der Waals surface area contributed by atoms with Crippen molar-refractivity contribution in [2.75, 3.05) is 0 Å². The summed E-state index contributed by atoms with van der Waals surface area (Å²) in [5, 5.41) is 1.97. The lowest BCUT2D eigenvalue weighted by Gasteiger charge is -2.35. The number of hydrogen-bond donors (Lipinski definition) is 0. The van der Waals surface area contributed by atoms with Gasteiger partial charge < -0.3 is 4.42 Å². The molecule has 53 heavy (non-hydrogen) atoms. The second kappa shape index (κ2) is 11.3. The molecule has 4 heteroatoms. The molecule has 1 atom stereocenters. The number of nitrogens with zero attached hydrogens (tertiary/aromatic N) is 3. The number of fused-ring (bicyclic) bond motifs is 12. The van der Waals surface area contributed by atoms with Crippen molar-refractivity contribution in [1.82, 2.24) is 15.0 Å². The Hall–Kier alpha value is -6.91. The summed E-state index contributed by atoms with van der Waals surface area (Å²) in [6.45, 7) is 1.51. The topological polar surface area (TPSA) is 51.8 Å². The molecule has 2 aromatic heterocycles. The third kappa shape index (κ3) is 4.39. The van der Waals surface area contributed by atoms with Crippen LogP contribution in [0.4, 0.5) is 0 Å². The zero-order valence-corrected chi connectivity index (χ0v) is 28.2. The molecular weight excluding hydrogens is 647 g/mol. The van der Waals surface area contributed by atoms with Gasteiger partial charge >= 0.3 is 0 Å². The van der Waals surface area contributed by atoms with Gasteiger partial charge in [-0.15, -0.1) is 0 Å². The highest BCUT2D eigenvalue weighted by Gasteiger charge is 2.49. The van der Waals surface area contributed by atoms with E-state index < -0.39 is 47.7 Å². The molecule has 4 nitrogen and oxygen atoms in total. The first kappa shape index (κ1) is 22.1. The van der Waals surface area contributed by atoms with Crippen LogP contribution in [0.1, 0.15) is 51.3 Å². The molecule has 0 radical (unpaired) electrons. The van der Waals surface area contributed by atoms with Gasteiger partial charge in [0.25, 0.3) is 0 Å². The maximum absolute atomic E-state index is 9.01. The van der Waals surface area contributed by atoms with Crippen LogP contribution in [0.5, 0.6) is 0 Å². The lowest BCUT2D eigenvalue weighted by molar-refractivity contribution is 0.668. The standard InChI is InChI=1S/C49H31N3O/c1-30-12-11-16-34(26-30)47-50-46(33-14-3-2-4-15-33)51-48(52-47)35-25-24-32-23-22-31-13-5-8-19-40(31)49(42(32)27-35)41-20-9-6-17-36(41)38-29-45-39(28-43(38)49)37-18-7-10-21-44(37)53-45/h2-29H,1H3/i2D,3D,4D,11D,12D,14D,15D,16D,26D. The van der Waals surface area contributed by atoms with Crippen LogP contribution in [0.25, 0.3) is 79.4 Å². The predicted molar refractivity (Wildman–Crippen MR) is 214 cm³/mol. The van der Waals surface area contributed by atoms with Gasteiger partial charge in [0.15, 0.2) is 17.5 Å². The zero-order chi connectivity index (χ0) is 42.9. The second-order valence-electron chi connectivity index (χ2n) is 13.3. The van der Waals surface area contributed by atoms with Crippen LogP contribution in [0, 0.1) is 6.92 Å². The van der Waals surface area contributed by atoms with Crippen molar-refractivity contribution in [3.63, 3.8) is 0 Å². The number of para-hydroxylation sites is 1. The molecule has 0 fully saturated rings. The van der Waals surface area contributed by atoms with E-state index in [-0.39, 0.29) is 46.2 Å².